The lowest BCUT2D eigenvalue weighted by molar-refractivity contribution is -0.193. The average molecular weight is 1050 g/mol. The number of aromatic nitrogens is 1. The number of carboxylic acids is 2. The van der Waals surface area contributed by atoms with Crippen molar-refractivity contribution in [1.29, 1.82) is 0 Å². The summed E-state index contributed by atoms with van der Waals surface area (Å²) >= 11 is 8.49. The molecule has 3 aliphatic rings. The number of anilines is 1. The summed E-state index contributed by atoms with van der Waals surface area (Å²) in [6.07, 6.45) is -5.18. The van der Waals surface area contributed by atoms with Gasteiger partial charge >= 0.3 is 24.3 Å². The Labute approximate surface area is 415 Å². The molecule has 394 valence electrons. The van der Waals surface area contributed by atoms with Crippen molar-refractivity contribution in [2.24, 2.45) is 0 Å². The number of aliphatic carboxylic acids is 2. The van der Waals surface area contributed by atoms with Crippen molar-refractivity contribution in [3.05, 3.63) is 68.1 Å². The summed E-state index contributed by atoms with van der Waals surface area (Å²) in [6.45, 7) is 13.0. The summed E-state index contributed by atoms with van der Waals surface area (Å²) < 4.78 is 81.4. The number of hydrogen-bond donors (Lipinski definition) is 5. The van der Waals surface area contributed by atoms with E-state index in [9.17, 15) is 45.8 Å². The number of halogens is 7. The monoisotopic (exact) mass is 1050 g/mol. The number of phenols is 1. The predicted molar refractivity (Wildman–Crippen MR) is 249 cm³/mol. The van der Waals surface area contributed by atoms with E-state index in [0.29, 0.717) is 88.9 Å². The Morgan fingerprint density at radius 2 is 1.63 bits per heavy atom. The zero-order chi connectivity index (χ0) is 52.5. The van der Waals surface area contributed by atoms with Gasteiger partial charge in [0.2, 0.25) is 5.91 Å². The van der Waals surface area contributed by atoms with Crippen LogP contribution in [0.5, 0.6) is 11.5 Å². The van der Waals surface area contributed by atoms with Gasteiger partial charge in [-0.25, -0.2) is 14.6 Å². The largest absolute Gasteiger partial charge is 0.506 e. The van der Waals surface area contributed by atoms with Crippen molar-refractivity contribution in [1.82, 2.24) is 25.0 Å². The lowest BCUT2D eigenvalue weighted by atomic mass is 9.89. The highest BCUT2D eigenvalue weighted by molar-refractivity contribution is 7.09. The van der Waals surface area contributed by atoms with Gasteiger partial charge in [-0.2, -0.15) is 26.3 Å². The molecular formula is C46H59ClF6N6O11S. The number of rotatable bonds is 18. The summed E-state index contributed by atoms with van der Waals surface area (Å²) in [4.78, 5) is 66.7. The maximum Gasteiger partial charge on any atom is 0.490 e. The molecule has 2 aromatic carbocycles. The first-order chi connectivity index (χ1) is 33.5. The Morgan fingerprint density at radius 3 is 2.25 bits per heavy atom. The van der Waals surface area contributed by atoms with E-state index in [-0.39, 0.29) is 41.7 Å². The van der Waals surface area contributed by atoms with Crippen LogP contribution in [0.15, 0.2) is 35.7 Å². The average Bonchev–Trinajstić information content (AvgIpc) is 3.82. The number of aromatic hydroxyl groups is 1. The first-order valence-corrected chi connectivity index (χ1v) is 24.1. The van der Waals surface area contributed by atoms with Crippen molar-refractivity contribution >= 4 is 58.3 Å². The number of carbonyl (C=O) groups is 5. The van der Waals surface area contributed by atoms with Gasteiger partial charge in [-0.1, -0.05) is 49.7 Å². The zero-order valence-electron chi connectivity index (χ0n) is 39.4. The molecule has 2 saturated heterocycles. The van der Waals surface area contributed by atoms with Crippen LogP contribution in [0.3, 0.4) is 0 Å². The molecule has 0 saturated carbocycles. The maximum absolute atomic E-state index is 13.3. The first-order valence-electron chi connectivity index (χ1n) is 22.8. The number of likely N-dealkylation sites (tertiary alicyclic amines) is 1. The Morgan fingerprint density at radius 1 is 0.972 bits per heavy atom. The Hall–Kier alpha value is -5.27. The van der Waals surface area contributed by atoms with E-state index in [1.165, 1.54) is 0 Å². The van der Waals surface area contributed by atoms with Crippen molar-refractivity contribution < 1.29 is 79.8 Å². The molecule has 5 N–H and O–H groups in total. The fourth-order valence-electron chi connectivity index (χ4n) is 7.72. The number of morpholine rings is 1. The quantitative estimate of drug-likeness (QED) is 0.0517. The summed E-state index contributed by atoms with van der Waals surface area (Å²) in [6, 6.07) is 9.63. The van der Waals surface area contributed by atoms with Crippen LogP contribution in [-0.2, 0) is 54.5 Å². The number of amides is 3. The summed E-state index contributed by atoms with van der Waals surface area (Å²) in [5, 5.41) is 34.1. The van der Waals surface area contributed by atoms with E-state index < -0.39 is 24.3 Å². The van der Waals surface area contributed by atoms with Crippen LogP contribution in [-0.4, -0.2) is 161 Å². The fourth-order valence-corrected chi connectivity index (χ4v) is 8.72. The number of piperidine rings is 1. The van der Waals surface area contributed by atoms with Crippen LogP contribution in [0.4, 0.5) is 32.0 Å². The highest BCUT2D eigenvalue weighted by atomic mass is 35.5. The normalized spacial score (nSPS) is 16.0. The van der Waals surface area contributed by atoms with Crippen molar-refractivity contribution in [2.75, 3.05) is 77.6 Å². The topological polar surface area (TPSA) is 220 Å². The number of benzene rings is 2. The minimum atomic E-state index is -5.08. The van der Waals surface area contributed by atoms with E-state index in [2.05, 4.69) is 47.4 Å². The van der Waals surface area contributed by atoms with Gasteiger partial charge in [-0.3, -0.25) is 19.3 Å². The van der Waals surface area contributed by atoms with E-state index in [1.54, 1.807) is 23.5 Å². The molecule has 0 bridgehead atoms. The number of phenolic OH excluding ortho intramolecular Hbond substituents is 1. The molecule has 1 atom stereocenters. The van der Waals surface area contributed by atoms with Crippen molar-refractivity contribution in [3.8, 4) is 11.5 Å². The Kier molecular flexibility index (Phi) is 22.1. The molecule has 25 heteroatoms. The van der Waals surface area contributed by atoms with Crippen LogP contribution in [0.25, 0.3) is 0 Å². The van der Waals surface area contributed by atoms with Gasteiger partial charge in [-0.05, 0) is 74.8 Å². The lowest BCUT2D eigenvalue weighted by Crippen LogP contribution is -2.58. The van der Waals surface area contributed by atoms with Crippen molar-refractivity contribution in [2.45, 2.75) is 96.3 Å². The van der Waals surface area contributed by atoms with Crippen LogP contribution in [0.2, 0.25) is 5.02 Å². The Balaban J connectivity index is 0.000000683. The second-order valence-corrected chi connectivity index (χ2v) is 18.1. The van der Waals surface area contributed by atoms with Gasteiger partial charge in [0.25, 0.3) is 11.8 Å². The number of nitrogens with one attached hydrogen (secondary N) is 2. The van der Waals surface area contributed by atoms with E-state index in [1.807, 2.05) is 27.3 Å². The van der Waals surface area contributed by atoms with Gasteiger partial charge < -0.3 is 50.0 Å². The smallest absolute Gasteiger partial charge is 0.490 e. The molecule has 2 fully saturated rings. The highest BCUT2D eigenvalue weighted by Gasteiger charge is 2.42. The van der Waals surface area contributed by atoms with Crippen LogP contribution >= 0.6 is 22.9 Å². The molecule has 71 heavy (non-hydrogen) atoms. The number of nitrogens with zero attached hydrogens (tertiary/aromatic N) is 4. The molecule has 3 amide bonds. The number of ether oxygens (including phenoxy) is 3. The third kappa shape index (κ3) is 17.8. The molecule has 3 aliphatic heterocycles. The first kappa shape index (κ1) is 58.3. The van der Waals surface area contributed by atoms with Crippen LogP contribution in [0.1, 0.15) is 78.6 Å². The van der Waals surface area contributed by atoms with E-state index in [0.717, 1.165) is 72.0 Å². The van der Waals surface area contributed by atoms with E-state index in [4.69, 9.17) is 45.6 Å². The summed E-state index contributed by atoms with van der Waals surface area (Å²) in [5.74, 6) is -5.25. The van der Waals surface area contributed by atoms with Gasteiger partial charge in [0.05, 0.1) is 43.4 Å². The second-order valence-electron chi connectivity index (χ2n) is 16.8. The standard InChI is InChI=1S/C42H57ClN6O7S.2C2HF3O2/c1-4-29(3)49(20-17-44-16-11-31-9-10-34(50)39-40(31)55-26-35(51)46-39)37(52)13-23-54-22-12-30-7-6-8-32(38(30)43)25-47-18-14-42(15-19-47)28-48(21-24-56-42)41(53)33-27-57-36(5-2)45-33;2*3-2(4,5)1(6)7/h6-10,27,29,44,50H,4-5,11-26,28H2,1-3H3,(H,46,51);2*(H,6,7)/t29-;;/m1../s1. The molecule has 0 aliphatic carbocycles. The highest BCUT2D eigenvalue weighted by Crippen LogP contribution is 2.39. The Bertz CT molecular complexity index is 2260. The number of aryl methyl sites for hydroxylation is 1. The van der Waals surface area contributed by atoms with Gasteiger partial charge in [0, 0.05) is 55.7 Å². The zero-order valence-corrected chi connectivity index (χ0v) is 41.0. The number of thiazole rings is 1. The van der Waals surface area contributed by atoms with E-state index >= 15 is 0 Å². The van der Waals surface area contributed by atoms with Gasteiger partial charge in [-0.15, -0.1) is 11.3 Å². The molecule has 3 aromatic rings. The second kappa shape index (κ2) is 27.0. The fraction of sp³-hybridized carbons (Fsp3) is 0.565. The molecule has 1 aromatic heterocycles. The van der Waals surface area contributed by atoms with Gasteiger partial charge in [0.1, 0.15) is 17.1 Å². The molecule has 6 rings (SSSR count). The molecule has 0 unspecified atom stereocenters. The molecule has 17 nitrogen and oxygen atoms in total. The lowest BCUT2D eigenvalue weighted by Gasteiger charge is -2.47. The van der Waals surface area contributed by atoms with Crippen LogP contribution < -0.4 is 15.4 Å². The SMILES string of the molecule is CCc1nc(C(=O)N2CCOC3(CCN(Cc4cccc(CCOCCC(=O)N(CCNCCc5ccc(O)c6c5OCC(=O)N6)[C@H](C)CC)c4Cl)CC3)C2)cs1.O=C(O)C(F)(F)F.O=C(O)C(F)(F)F. The molecule has 0 radical (unpaired) electrons. The number of carboxylic acid groups (broad SMARTS) is 2. The number of alkyl halides is 6. The third-order valence-electron chi connectivity index (χ3n) is 11.8. The maximum atomic E-state index is 13.3. The van der Waals surface area contributed by atoms with Crippen molar-refractivity contribution in [3.63, 3.8) is 0 Å². The predicted octanol–water partition coefficient (Wildman–Crippen LogP) is 6.58. The molecule has 1 spiro atoms. The third-order valence-corrected chi connectivity index (χ3v) is 13.2. The molecular weight excluding hydrogens is 994 g/mol. The summed E-state index contributed by atoms with van der Waals surface area (Å²) in [5.41, 5.74) is 3.54. The summed E-state index contributed by atoms with van der Waals surface area (Å²) in [7, 11) is 0. The molecule has 4 heterocycles. The number of carbonyl (C=O) groups excluding carboxylic acids is 3. The number of fused-ring (bicyclic) bond motifs is 1. The minimum Gasteiger partial charge on any atom is -0.506 e. The minimum absolute atomic E-state index is 0.00133. The van der Waals surface area contributed by atoms with Gasteiger partial charge in [0.15, 0.2) is 12.4 Å². The number of hydrogen-bond acceptors (Lipinski definition) is 13. The van der Waals surface area contributed by atoms with Crippen LogP contribution in [0, 0.1) is 0 Å².